The lowest BCUT2D eigenvalue weighted by Crippen LogP contribution is -1.95. The third kappa shape index (κ3) is 4.25. The molecule has 0 aliphatic heterocycles. The van der Waals surface area contributed by atoms with Gasteiger partial charge in [0.25, 0.3) is 0 Å². The van der Waals surface area contributed by atoms with Crippen LogP contribution in [0.1, 0.15) is 23.6 Å². The van der Waals surface area contributed by atoms with Gasteiger partial charge in [-0.25, -0.2) is 0 Å². The molecule has 0 unspecified atom stereocenters. The molecule has 0 fully saturated rings. The molecule has 3 aromatic carbocycles. The second kappa shape index (κ2) is 8.80. The Morgan fingerprint density at radius 2 is 1.66 bits per heavy atom. The molecule has 0 saturated carbocycles. The van der Waals surface area contributed by atoms with Gasteiger partial charge in [-0.1, -0.05) is 72.8 Å². The van der Waals surface area contributed by atoms with E-state index in [4.69, 9.17) is 10.5 Å². The van der Waals surface area contributed by atoms with Gasteiger partial charge in [-0.15, -0.1) is 0 Å². The van der Waals surface area contributed by atoms with Crippen molar-refractivity contribution in [2.24, 2.45) is 0 Å². The average molecular weight is 383 g/mol. The maximum atomic E-state index is 6.40. The Balaban J connectivity index is 1.80. The average Bonchev–Trinajstić information content (AvgIpc) is 3.13. The number of rotatable bonds is 7. The number of ether oxygens (including phenoxy) is 1. The predicted octanol–water partition coefficient (Wildman–Crippen LogP) is 6.21. The largest absolute Gasteiger partial charge is 0.397 e. The first kappa shape index (κ1) is 19.0. The molecule has 29 heavy (non-hydrogen) atoms. The van der Waals surface area contributed by atoms with E-state index in [0.717, 1.165) is 45.4 Å². The number of H-pyrrole nitrogens is 1. The first-order chi connectivity index (χ1) is 14.3. The molecule has 0 amide bonds. The number of nitrogens with one attached hydrogen (secondary N) is 1. The minimum absolute atomic E-state index is 0.565. The van der Waals surface area contributed by atoms with E-state index in [-0.39, 0.29) is 0 Å². The standard InChI is InChI=1S/C26H26N2O/c1-2-29-18-20-16-23-22(15-9-12-19-10-5-3-6-11-19)25(21-13-7-4-8-14-21)28-26(23)24(27)17-20/h3-11,13-17,28H,2,12,18,27H2,1H3/b15-9+. The number of benzene rings is 3. The lowest BCUT2D eigenvalue weighted by molar-refractivity contribution is 0.134. The molecular formula is C26H26N2O. The fraction of sp³-hybridized carbons (Fsp3) is 0.154. The summed E-state index contributed by atoms with van der Waals surface area (Å²) in [5.74, 6) is 0. The van der Waals surface area contributed by atoms with E-state index >= 15 is 0 Å². The van der Waals surface area contributed by atoms with Crippen LogP contribution in [0.15, 0.2) is 78.9 Å². The molecule has 0 aliphatic rings. The molecule has 3 nitrogen and oxygen atoms in total. The van der Waals surface area contributed by atoms with Gasteiger partial charge in [0.1, 0.15) is 0 Å². The van der Waals surface area contributed by atoms with Gasteiger partial charge >= 0.3 is 0 Å². The smallest absolute Gasteiger partial charge is 0.0717 e. The summed E-state index contributed by atoms with van der Waals surface area (Å²) in [7, 11) is 0. The summed E-state index contributed by atoms with van der Waals surface area (Å²) >= 11 is 0. The van der Waals surface area contributed by atoms with Crippen molar-refractivity contribution in [2.45, 2.75) is 20.0 Å². The quantitative estimate of drug-likeness (QED) is 0.373. The highest BCUT2D eigenvalue weighted by Gasteiger charge is 2.14. The highest BCUT2D eigenvalue weighted by atomic mass is 16.5. The molecule has 4 rings (SSSR count). The van der Waals surface area contributed by atoms with E-state index < -0.39 is 0 Å². The van der Waals surface area contributed by atoms with Crippen LogP contribution in [0.4, 0.5) is 5.69 Å². The van der Waals surface area contributed by atoms with Gasteiger partial charge in [-0.05, 0) is 42.2 Å². The zero-order chi connectivity index (χ0) is 20.1. The van der Waals surface area contributed by atoms with Gasteiger partial charge < -0.3 is 15.5 Å². The van der Waals surface area contributed by atoms with Gasteiger partial charge in [0.2, 0.25) is 0 Å². The highest BCUT2D eigenvalue weighted by molar-refractivity contribution is 6.02. The number of aromatic amines is 1. The number of hydrogen-bond donors (Lipinski definition) is 2. The molecule has 3 N–H and O–H groups in total. The summed E-state index contributed by atoms with van der Waals surface area (Å²) in [5.41, 5.74) is 13.9. The van der Waals surface area contributed by atoms with Crippen molar-refractivity contribution in [1.82, 2.24) is 4.98 Å². The third-order valence-corrected chi connectivity index (χ3v) is 5.05. The van der Waals surface area contributed by atoms with Crippen LogP contribution in [-0.2, 0) is 17.8 Å². The van der Waals surface area contributed by atoms with E-state index in [2.05, 4.69) is 71.7 Å². The molecule has 4 aromatic rings. The number of nitrogen functional groups attached to an aromatic ring is 1. The number of hydrogen-bond acceptors (Lipinski definition) is 2. The molecule has 3 heteroatoms. The summed E-state index contributed by atoms with van der Waals surface area (Å²) in [4.78, 5) is 3.56. The Morgan fingerprint density at radius 1 is 0.931 bits per heavy atom. The fourth-order valence-electron chi connectivity index (χ4n) is 3.64. The SMILES string of the molecule is CCOCc1cc(N)c2[nH]c(-c3ccccc3)c(/C=C/Cc3ccccc3)c2c1. The van der Waals surface area contributed by atoms with Gasteiger partial charge in [0.05, 0.1) is 23.5 Å². The molecule has 0 spiro atoms. The summed E-state index contributed by atoms with van der Waals surface area (Å²) in [6.45, 7) is 3.25. The Bertz CT molecular complexity index is 1110. The number of anilines is 1. The van der Waals surface area contributed by atoms with Crippen molar-refractivity contribution in [2.75, 3.05) is 12.3 Å². The normalized spacial score (nSPS) is 11.5. The maximum Gasteiger partial charge on any atom is 0.0717 e. The number of aromatic nitrogens is 1. The second-order valence-electron chi connectivity index (χ2n) is 7.12. The van der Waals surface area contributed by atoms with Crippen LogP contribution in [0.5, 0.6) is 0 Å². The van der Waals surface area contributed by atoms with Crippen molar-refractivity contribution in [1.29, 1.82) is 0 Å². The first-order valence-corrected chi connectivity index (χ1v) is 10.0. The topological polar surface area (TPSA) is 51.0 Å². The molecular weight excluding hydrogens is 356 g/mol. The van der Waals surface area contributed by atoms with E-state index in [0.29, 0.717) is 13.2 Å². The molecule has 0 atom stereocenters. The minimum Gasteiger partial charge on any atom is -0.397 e. The van der Waals surface area contributed by atoms with Crippen LogP contribution in [0.25, 0.3) is 28.2 Å². The van der Waals surface area contributed by atoms with Gasteiger partial charge in [0.15, 0.2) is 0 Å². The zero-order valence-corrected chi connectivity index (χ0v) is 16.7. The van der Waals surface area contributed by atoms with E-state index in [1.807, 2.05) is 25.1 Å². The van der Waals surface area contributed by atoms with Crippen molar-refractivity contribution in [3.8, 4) is 11.3 Å². The van der Waals surface area contributed by atoms with Gasteiger partial charge in [-0.2, -0.15) is 0 Å². The van der Waals surface area contributed by atoms with E-state index in [9.17, 15) is 0 Å². The first-order valence-electron chi connectivity index (χ1n) is 10.0. The lowest BCUT2D eigenvalue weighted by Gasteiger charge is -2.05. The Hall–Kier alpha value is -3.30. The Kier molecular flexibility index (Phi) is 5.78. The molecule has 1 heterocycles. The van der Waals surface area contributed by atoms with Crippen LogP contribution in [0, 0.1) is 0 Å². The molecule has 146 valence electrons. The number of nitrogens with two attached hydrogens (primary N) is 1. The fourth-order valence-corrected chi connectivity index (χ4v) is 3.64. The monoisotopic (exact) mass is 382 g/mol. The summed E-state index contributed by atoms with van der Waals surface area (Å²) in [6.07, 6.45) is 5.31. The predicted molar refractivity (Wildman–Crippen MR) is 123 cm³/mol. The summed E-state index contributed by atoms with van der Waals surface area (Å²) in [5, 5.41) is 1.13. The van der Waals surface area contributed by atoms with Crippen LogP contribution in [0.2, 0.25) is 0 Å². The molecule has 0 aliphatic carbocycles. The van der Waals surface area contributed by atoms with Crippen molar-refractivity contribution in [3.05, 3.63) is 95.6 Å². The van der Waals surface area contributed by atoms with Crippen molar-refractivity contribution >= 4 is 22.7 Å². The molecule has 0 saturated heterocycles. The Morgan fingerprint density at radius 3 is 2.38 bits per heavy atom. The van der Waals surface area contributed by atoms with Gasteiger partial charge in [-0.3, -0.25) is 0 Å². The Labute approximate surface area is 171 Å². The van der Waals surface area contributed by atoms with Crippen LogP contribution in [0.3, 0.4) is 0 Å². The lowest BCUT2D eigenvalue weighted by atomic mass is 10.0. The summed E-state index contributed by atoms with van der Waals surface area (Å²) in [6, 6.07) is 25.1. The third-order valence-electron chi connectivity index (χ3n) is 5.05. The second-order valence-corrected chi connectivity index (χ2v) is 7.12. The minimum atomic E-state index is 0.565. The summed E-state index contributed by atoms with van der Waals surface area (Å²) < 4.78 is 5.61. The number of fused-ring (bicyclic) bond motifs is 1. The molecule has 0 bridgehead atoms. The molecule has 0 radical (unpaired) electrons. The maximum absolute atomic E-state index is 6.40. The van der Waals surface area contributed by atoms with Gasteiger partial charge in [0, 0.05) is 17.6 Å². The number of allylic oxidation sites excluding steroid dienone is 1. The van der Waals surface area contributed by atoms with E-state index in [1.165, 1.54) is 5.56 Å². The zero-order valence-electron chi connectivity index (χ0n) is 16.7. The van der Waals surface area contributed by atoms with Crippen molar-refractivity contribution < 1.29 is 4.74 Å². The highest BCUT2D eigenvalue weighted by Crippen LogP contribution is 2.35. The van der Waals surface area contributed by atoms with E-state index in [1.54, 1.807) is 0 Å². The van der Waals surface area contributed by atoms with Crippen LogP contribution in [-0.4, -0.2) is 11.6 Å². The van der Waals surface area contributed by atoms with Crippen molar-refractivity contribution in [3.63, 3.8) is 0 Å². The van der Waals surface area contributed by atoms with Crippen LogP contribution < -0.4 is 5.73 Å². The molecule has 1 aromatic heterocycles. The van der Waals surface area contributed by atoms with Crippen LogP contribution >= 0.6 is 0 Å².